The van der Waals surface area contributed by atoms with Crippen LogP contribution in [0.5, 0.6) is 0 Å². The Bertz CT molecular complexity index is 770. The number of hydrogen-bond donors (Lipinski definition) is 1. The van der Waals surface area contributed by atoms with E-state index in [1.165, 1.54) is 9.58 Å². The molecule has 2 aromatic carbocycles. The Kier molecular flexibility index (Phi) is 4.26. The molecule has 0 aliphatic rings. The number of benzene rings is 2. The van der Waals surface area contributed by atoms with Crippen molar-refractivity contribution in [2.24, 2.45) is 0 Å². The molecule has 1 nitrogen and oxygen atoms in total. The molecular weight excluding hydrogens is 374 g/mol. The molecule has 3 aromatic rings. The van der Waals surface area contributed by atoms with E-state index in [1.807, 2.05) is 30.3 Å². The average molecular weight is 385 g/mol. The van der Waals surface area contributed by atoms with E-state index in [-0.39, 0.29) is 0 Å². The molecule has 0 saturated heterocycles. The molecule has 0 fully saturated rings. The van der Waals surface area contributed by atoms with Gasteiger partial charge >= 0.3 is 0 Å². The highest BCUT2D eigenvalue weighted by molar-refractivity contribution is 9.10. The number of rotatable bonds is 3. The first-order chi connectivity index (χ1) is 9.65. The third-order valence-corrected chi connectivity index (χ3v) is 6.42. The molecule has 1 heterocycles. The van der Waals surface area contributed by atoms with Gasteiger partial charge in [-0.3, -0.25) is 0 Å². The molecule has 1 aromatic heterocycles. The highest BCUT2D eigenvalue weighted by Gasteiger charge is 2.11. The summed E-state index contributed by atoms with van der Waals surface area (Å²) in [5, 5.41) is 2.00. The Morgan fingerprint density at radius 2 is 2.00 bits per heavy atom. The molecule has 0 atom stereocenters. The highest BCUT2D eigenvalue weighted by atomic mass is 79.9. The van der Waals surface area contributed by atoms with Crippen molar-refractivity contribution in [2.75, 3.05) is 5.73 Å². The molecule has 0 aliphatic heterocycles. The smallest absolute Gasteiger partial charge is 0.0632 e. The lowest BCUT2D eigenvalue weighted by atomic mass is 10.2. The number of thioether (sulfide) groups is 1. The lowest BCUT2D eigenvalue weighted by molar-refractivity contribution is 1.41. The van der Waals surface area contributed by atoms with E-state index in [9.17, 15) is 0 Å². The number of anilines is 1. The third kappa shape index (κ3) is 2.84. The number of hydrogen-bond acceptors (Lipinski definition) is 3. The molecule has 5 heteroatoms. The average Bonchev–Trinajstić information content (AvgIpc) is 2.77. The van der Waals surface area contributed by atoms with Crippen molar-refractivity contribution in [1.82, 2.24) is 0 Å². The summed E-state index contributed by atoms with van der Waals surface area (Å²) in [6.07, 6.45) is 0. The van der Waals surface area contributed by atoms with Crippen LogP contribution in [0, 0.1) is 0 Å². The second-order valence-corrected chi connectivity index (χ2v) is 7.75. The number of thiophene rings is 1. The number of nitrogens with two attached hydrogens (primary N) is 1. The molecule has 102 valence electrons. The molecule has 0 amide bonds. The summed E-state index contributed by atoms with van der Waals surface area (Å²) in [6, 6.07) is 14.1. The zero-order valence-corrected chi connectivity index (χ0v) is 14.4. The molecule has 0 radical (unpaired) electrons. The summed E-state index contributed by atoms with van der Waals surface area (Å²) in [5.74, 6) is 0.832. The zero-order chi connectivity index (χ0) is 14.1. The van der Waals surface area contributed by atoms with Crippen molar-refractivity contribution in [3.63, 3.8) is 0 Å². The molecule has 3 rings (SSSR count). The SMILES string of the molecule is Nc1ccc(Br)cc1SCc1sc2ccccc2c1Cl. The van der Waals surface area contributed by atoms with E-state index in [0.717, 1.165) is 31.2 Å². The van der Waals surface area contributed by atoms with Gasteiger partial charge in [0, 0.05) is 35.8 Å². The minimum atomic E-state index is 0.801. The van der Waals surface area contributed by atoms with Crippen molar-refractivity contribution in [3.05, 3.63) is 56.8 Å². The van der Waals surface area contributed by atoms with Gasteiger partial charge in [0.1, 0.15) is 0 Å². The Labute approximate surface area is 139 Å². The predicted molar refractivity (Wildman–Crippen MR) is 95.0 cm³/mol. The van der Waals surface area contributed by atoms with Crippen molar-refractivity contribution in [3.8, 4) is 0 Å². The van der Waals surface area contributed by atoms with Gasteiger partial charge in [0.05, 0.1) is 5.02 Å². The van der Waals surface area contributed by atoms with Gasteiger partial charge in [-0.2, -0.15) is 0 Å². The zero-order valence-electron chi connectivity index (χ0n) is 10.4. The molecule has 0 bridgehead atoms. The minimum Gasteiger partial charge on any atom is -0.398 e. The summed E-state index contributed by atoms with van der Waals surface area (Å²) in [5.41, 5.74) is 6.80. The first kappa shape index (κ1) is 14.3. The van der Waals surface area contributed by atoms with Crippen molar-refractivity contribution in [2.45, 2.75) is 10.6 Å². The van der Waals surface area contributed by atoms with Crippen LogP contribution in [0.1, 0.15) is 4.88 Å². The normalized spacial score (nSPS) is 11.1. The van der Waals surface area contributed by atoms with E-state index in [1.54, 1.807) is 23.1 Å². The summed E-state index contributed by atoms with van der Waals surface area (Å²) in [6.45, 7) is 0. The quantitative estimate of drug-likeness (QED) is 0.430. The van der Waals surface area contributed by atoms with Gasteiger partial charge in [-0.1, -0.05) is 45.7 Å². The summed E-state index contributed by atoms with van der Waals surface area (Å²) in [7, 11) is 0. The van der Waals surface area contributed by atoms with Gasteiger partial charge in [-0.15, -0.1) is 23.1 Å². The van der Waals surface area contributed by atoms with Crippen molar-refractivity contribution < 1.29 is 0 Å². The van der Waals surface area contributed by atoms with Crippen LogP contribution in [0.4, 0.5) is 5.69 Å². The second kappa shape index (κ2) is 5.98. The van der Waals surface area contributed by atoms with Crippen molar-refractivity contribution in [1.29, 1.82) is 0 Å². The first-order valence-corrected chi connectivity index (χ1v) is 8.96. The van der Waals surface area contributed by atoms with Crippen LogP contribution in [0.2, 0.25) is 5.02 Å². The van der Waals surface area contributed by atoms with E-state index in [2.05, 4.69) is 28.1 Å². The van der Waals surface area contributed by atoms with Crippen LogP contribution in [0.15, 0.2) is 51.8 Å². The monoisotopic (exact) mass is 383 g/mol. The van der Waals surface area contributed by atoms with Gasteiger partial charge in [0.15, 0.2) is 0 Å². The molecule has 0 spiro atoms. The second-order valence-electron chi connectivity index (χ2n) is 4.31. The van der Waals surface area contributed by atoms with Crippen LogP contribution in [0.3, 0.4) is 0 Å². The van der Waals surface area contributed by atoms with Gasteiger partial charge in [-0.25, -0.2) is 0 Å². The summed E-state index contributed by atoms with van der Waals surface area (Å²) >= 11 is 13.4. The molecule has 2 N–H and O–H groups in total. The molecule has 0 aliphatic carbocycles. The van der Waals surface area contributed by atoms with Gasteiger partial charge in [0.2, 0.25) is 0 Å². The fraction of sp³-hybridized carbons (Fsp3) is 0.0667. The van der Waals surface area contributed by atoms with Gasteiger partial charge < -0.3 is 5.73 Å². The number of fused-ring (bicyclic) bond motifs is 1. The maximum absolute atomic E-state index is 6.45. The highest BCUT2D eigenvalue weighted by Crippen LogP contribution is 2.39. The van der Waals surface area contributed by atoms with Crippen LogP contribution in [-0.4, -0.2) is 0 Å². The number of nitrogen functional groups attached to an aromatic ring is 1. The number of halogens is 2. The van der Waals surface area contributed by atoms with E-state index >= 15 is 0 Å². The molecule has 0 unspecified atom stereocenters. The van der Waals surface area contributed by atoms with Crippen LogP contribution in [-0.2, 0) is 5.75 Å². The Morgan fingerprint density at radius 1 is 1.20 bits per heavy atom. The lowest BCUT2D eigenvalue weighted by Crippen LogP contribution is -1.88. The Hall–Kier alpha value is -0.680. The van der Waals surface area contributed by atoms with Gasteiger partial charge in [0.25, 0.3) is 0 Å². The van der Waals surface area contributed by atoms with E-state index in [0.29, 0.717) is 0 Å². The fourth-order valence-corrected chi connectivity index (χ4v) is 5.11. The molecule has 20 heavy (non-hydrogen) atoms. The van der Waals surface area contributed by atoms with E-state index < -0.39 is 0 Å². The molecule has 0 saturated carbocycles. The fourth-order valence-electron chi connectivity index (χ4n) is 1.93. The molecular formula is C15H11BrClNS2. The Morgan fingerprint density at radius 3 is 2.80 bits per heavy atom. The minimum absolute atomic E-state index is 0.801. The topological polar surface area (TPSA) is 26.0 Å². The first-order valence-electron chi connectivity index (χ1n) is 5.99. The summed E-state index contributed by atoms with van der Waals surface area (Å²) in [4.78, 5) is 2.27. The van der Waals surface area contributed by atoms with E-state index in [4.69, 9.17) is 17.3 Å². The maximum atomic E-state index is 6.45. The van der Waals surface area contributed by atoms with Crippen LogP contribution < -0.4 is 5.73 Å². The predicted octanol–water partition coefficient (Wildman–Crippen LogP) is 6.19. The van der Waals surface area contributed by atoms with Crippen molar-refractivity contribution >= 4 is 66.4 Å². The Balaban J connectivity index is 1.87. The third-order valence-electron chi connectivity index (χ3n) is 2.94. The van der Waals surface area contributed by atoms with Crippen LogP contribution in [0.25, 0.3) is 10.1 Å². The van der Waals surface area contributed by atoms with Gasteiger partial charge in [-0.05, 0) is 24.3 Å². The lowest BCUT2D eigenvalue weighted by Gasteiger charge is -2.05. The maximum Gasteiger partial charge on any atom is 0.0632 e. The largest absolute Gasteiger partial charge is 0.398 e. The van der Waals surface area contributed by atoms with Crippen LogP contribution >= 0.6 is 50.6 Å². The standard InChI is InChI=1S/C15H11BrClNS2/c16-9-5-6-11(18)13(7-9)19-8-14-15(17)10-3-1-2-4-12(10)20-14/h1-7H,8,18H2. The summed E-state index contributed by atoms with van der Waals surface area (Å²) < 4.78 is 2.27.